The molecule has 0 spiro atoms. The number of carboxylic acid groups (broad SMARTS) is 1. The Morgan fingerprint density at radius 2 is 1.25 bits per heavy atom. The Bertz CT molecular complexity index is 2880. The monoisotopic (exact) mass is 885 g/mol. The molecule has 0 bridgehead atoms. The van der Waals surface area contributed by atoms with Gasteiger partial charge in [-0.2, -0.15) is 0 Å². The molecule has 0 atom stereocenters. The zero-order valence-electron chi connectivity index (χ0n) is 35.5. The maximum absolute atomic E-state index is 13.1. The predicted octanol–water partition coefficient (Wildman–Crippen LogP) is 4.76. The number of rotatable bonds is 11. The van der Waals surface area contributed by atoms with Gasteiger partial charge < -0.3 is 30.8 Å². The van der Waals surface area contributed by atoms with Crippen LogP contribution in [0.4, 0.5) is 30.5 Å². The van der Waals surface area contributed by atoms with Crippen LogP contribution in [0.15, 0.2) is 121 Å². The van der Waals surface area contributed by atoms with E-state index in [-0.39, 0.29) is 55.4 Å². The molecule has 16 nitrogen and oxygen atoms in total. The second kappa shape index (κ2) is 20.4. The van der Waals surface area contributed by atoms with E-state index in [1.807, 2.05) is 31.2 Å². The number of nitrogens with two attached hydrogens (primary N) is 2. The van der Waals surface area contributed by atoms with E-state index in [2.05, 4.69) is 9.73 Å². The normalized spacial score (nSPS) is 11.6. The minimum atomic E-state index is -4.78. The molecule has 0 amide bonds. The fourth-order valence-electron chi connectivity index (χ4n) is 6.61. The van der Waals surface area contributed by atoms with Crippen LogP contribution >= 0.6 is 0 Å². The van der Waals surface area contributed by atoms with E-state index < -0.39 is 34.8 Å². The largest absolute Gasteiger partial charge is 0.573 e. The van der Waals surface area contributed by atoms with Crippen LogP contribution in [-0.4, -0.2) is 55.6 Å². The topological polar surface area (TPSA) is 217 Å². The zero-order valence-corrected chi connectivity index (χ0v) is 35.5. The molecule has 336 valence electrons. The molecule has 0 radical (unpaired) electrons. The lowest BCUT2D eigenvalue weighted by atomic mass is 10.0. The summed E-state index contributed by atoms with van der Waals surface area (Å²) >= 11 is 0. The molecule has 0 unspecified atom stereocenters. The Balaban J connectivity index is 0.000000209. The first kappa shape index (κ1) is 47.2. The van der Waals surface area contributed by atoms with Crippen LogP contribution in [0.2, 0.25) is 0 Å². The van der Waals surface area contributed by atoms with Gasteiger partial charge in [0.1, 0.15) is 34.6 Å². The van der Waals surface area contributed by atoms with Crippen LogP contribution in [0.25, 0.3) is 0 Å². The number of benzene rings is 4. The van der Waals surface area contributed by atoms with Gasteiger partial charge in [-0.05, 0) is 65.6 Å². The Morgan fingerprint density at radius 1 is 0.719 bits per heavy atom. The first-order valence-electron chi connectivity index (χ1n) is 19.4. The predicted molar refractivity (Wildman–Crippen MR) is 235 cm³/mol. The number of anilines is 2. The third-order valence-corrected chi connectivity index (χ3v) is 9.86. The van der Waals surface area contributed by atoms with Crippen LogP contribution in [0.5, 0.6) is 17.2 Å². The number of hydrogen-bond acceptors (Lipinski definition) is 11. The number of carbonyl (C=O) groups is 1. The minimum Gasteiger partial charge on any atom is -0.497 e. The minimum absolute atomic E-state index is 0.0222. The summed E-state index contributed by atoms with van der Waals surface area (Å²) in [7, 11) is 6.12. The van der Waals surface area contributed by atoms with Crippen molar-refractivity contribution in [1.82, 2.24) is 18.3 Å². The summed E-state index contributed by atoms with van der Waals surface area (Å²) < 4.78 is 56.3. The van der Waals surface area contributed by atoms with Crippen LogP contribution in [0.3, 0.4) is 0 Å². The van der Waals surface area contributed by atoms with Gasteiger partial charge in [-0.15, -0.1) is 13.2 Å². The molecular formula is C45H46F3N7O9. The van der Waals surface area contributed by atoms with Crippen LogP contribution in [-0.2, 0) is 51.2 Å². The van der Waals surface area contributed by atoms with Crippen molar-refractivity contribution in [3.05, 3.63) is 172 Å². The van der Waals surface area contributed by atoms with Gasteiger partial charge in [0.25, 0.3) is 11.1 Å². The summed E-state index contributed by atoms with van der Waals surface area (Å²) in [6.45, 7) is 2.17. The summed E-state index contributed by atoms with van der Waals surface area (Å²) in [5.41, 5.74) is 14.1. The second-order valence-electron chi connectivity index (χ2n) is 14.5. The Hall–Kier alpha value is -7.83. The number of nitrogen functional groups attached to an aromatic ring is 2. The highest BCUT2D eigenvalue weighted by Crippen LogP contribution is 2.27. The van der Waals surface area contributed by atoms with E-state index in [0.717, 1.165) is 36.0 Å². The molecule has 6 aromatic rings. The van der Waals surface area contributed by atoms with Crippen molar-refractivity contribution in [3.63, 3.8) is 0 Å². The number of hydrogen-bond donors (Lipinski definition) is 3. The van der Waals surface area contributed by atoms with E-state index in [1.165, 1.54) is 36.9 Å². The van der Waals surface area contributed by atoms with Gasteiger partial charge in [0.05, 0.1) is 39.3 Å². The number of nitrogens with zero attached hydrogens (tertiary/aromatic N) is 5. The standard InChI is InChI=1S/C23H20F3N3O4.C13H16N4O3.C9H10O2/c1-28-20-19(21(30)29(22(28)31)13-14-6-8-17(32-2)9-7-14)12-16(27-20)10-15-4-3-5-18(11-15)33-23(24,25)26;1-16-11(15)10(14)12(18)17(13(16)19)7-8-3-5-9(20-2)6-4-8;1-7-3-2-4-8(5-7)6-9(10)11/h3-9,11H,10,12-13H2,1-2H3;3-6H,7,14-15H2,1-2H3;2-5H,6H2,1H3,(H,10,11). The Labute approximate surface area is 363 Å². The maximum atomic E-state index is 13.1. The van der Waals surface area contributed by atoms with E-state index in [1.54, 1.807) is 68.8 Å². The SMILES string of the molecule is COc1ccc(Cn2c(=O)c(N)c(N)n(C)c2=O)cc1.COc1ccc(Cn2c(=O)c3c(n(C)c2=O)N=C(Cc2cccc(OC(F)(F)F)c2)C3)cc1.Cc1cccc(CC(=O)O)c1. The van der Waals surface area contributed by atoms with Crippen molar-refractivity contribution in [2.24, 2.45) is 19.1 Å². The summed E-state index contributed by atoms with van der Waals surface area (Å²) in [4.78, 5) is 64.7. The van der Waals surface area contributed by atoms with E-state index in [0.29, 0.717) is 28.3 Å². The lowest BCUT2D eigenvalue weighted by molar-refractivity contribution is -0.274. The highest BCUT2D eigenvalue weighted by atomic mass is 19.4. The maximum Gasteiger partial charge on any atom is 0.573 e. The van der Waals surface area contributed by atoms with E-state index in [9.17, 15) is 37.1 Å². The molecule has 19 heteroatoms. The number of aromatic nitrogens is 4. The lowest BCUT2D eigenvalue weighted by Crippen LogP contribution is -2.41. The summed E-state index contributed by atoms with van der Waals surface area (Å²) in [5, 5.41) is 8.46. The van der Waals surface area contributed by atoms with Crippen molar-refractivity contribution in [1.29, 1.82) is 0 Å². The van der Waals surface area contributed by atoms with Gasteiger partial charge in [0.2, 0.25) is 0 Å². The molecule has 2 aromatic heterocycles. The number of carboxylic acids is 1. The van der Waals surface area contributed by atoms with E-state index in [4.69, 9.17) is 26.0 Å². The molecule has 4 aromatic carbocycles. The molecule has 1 aliphatic heterocycles. The van der Waals surface area contributed by atoms with Crippen molar-refractivity contribution in [3.8, 4) is 17.2 Å². The summed E-state index contributed by atoms with van der Waals surface area (Å²) in [6.07, 6.45) is -4.25. The molecule has 3 heterocycles. The van der Waals surface area contributed by atoms with Crippen LogP contribution < -0.4 is 48.2 Å². The number of aliphatic carboxylic acids is 1. The van der Waals surface area contributed by atoms with Gasteiger partial charge in [0, 0.05) is 32.6 Å². The number of fused-ring (bicyclic) bond motifs is 1. The average Bonchev–Trinajstić information content (AvgIpc) is 3.69. The number of aliphatic imine (C=N–C) groups is 1. The van der Waals surface area contributed by atoms with Crippen LogP contribution in [0.1, 0.15) is 33.4 Å². The molecular weight excluding hydrogens is 840 g/mol. The smallest absolute Gasteiger partial charge is 0.497 e. The van der Waals surface area contributed by atoms with Gasteiger partial charge in [-0.25, -0.2) is 14.6 Å². The third kappa shape index (κ3) is 12.0. The Kier molecular flexibility index (Phi) is 15.0. The van der Waals surface area contributed by atoms with Gasteiger partial charge in [-0.3, -0.25) is 32.7 Å². The van der Waals surface area contributed by atoms with Gasteiger partial charge in [-0.1, -0.05) is 66.2 Å². The summed E-state index contributed by atoms with van der Waals surface area (Å²) in [5.74, 6) is 0.502. The highest BCUT2D eigenvalue weighted by molar-refractivity contribution is 5.94. The van der Waals surface area contributed by atoms with Crippen molar-refractivity contribution >= 4 is 29.0 Å². The average molecular weight is 886 g/mol. The number of aryl methyl sites for hydroxylation is 1. The van der Waals surface area contributed by atoms with E-state index >= 15 is 0 Å². The van der Waals surface area contributed by atoms with Crippen molar-refractivity contribution in [2.45, 2.75) is 45.6 Å². The second-order valence-corrected chi connectivity index (χ2v) is 14.5. The fourth-order valence-corrected chi connectivity index (χ4v) is 6.61. The first-order chi connectivity index (χ1) is 30.3. The first-order valence-corrected chi connectivity index (χ1v) is 19.4. The third-order valence-electron chi connectivity index (χ3n) is 9.86. The fraction of sp³-hybridized carbons (Fsp3) is 0.244. The molecule has 64 heavy (non-hydrogen) atoms. The van der Waals surface area contributed by atoms with Gasteiger partial charge in [0.15, 0.2) is 0 Å². The molecule has 0 saturated heterocycles. The molecule has 0 fully saturated rings. The quantitative estimate of drug-likeness (QED) is 0.161. The molecule has 0 saturated carbocycles. The lowest BCUT2D eigenvalue weighted by Gasteiger charge is -2.11. The molecule has 7 rings (SSSR count). The number of alkyl halides is 3. The van der Waals surface area contributed by atoms with Crippen molar-refractivity contribution < 1.29 is 37.3 Å². The molecule has 0 aliphatic carbocycles. The number of methoxy groups -OCH3 is 2. The van der Waals surface area contributed by atoms with Gasteiger partial charge >= 0.3 is 23.7 Å². The molecule has 1 aliphatic rings. The highest BCUT2D eigenvalue weighted by Gasteiger charge is 2.31. The molecule has 5 N–H and O–H groups in total. The number of halogens is 3. The summed E-state index contributed by atoms with van der Waals surface area (Å²) in [6, 6.07) is 27.2. The zero-order chi connectivity index (χ0) is 46.9. The Morgan fingerprint density at radius 3 is 1.78 bits per heavy atom. The number of ether oxygens (including phenoxy) is 3. The van der Waals surface area contributed by atoms with Crippen LogP contribution in [0, 0.1) is 6.92 Å². The van der Waals surface area contributed by atoms with Crippen molar-refractivity contribution in [2.75, 3.05) is 25.7 Å².